The van der Waals surface area contributed by atoms with E-state index in [9.17, 15) is 18.5 Å². The summed E-state index contributed by atoms with van der Waals surface area (Å²) in [5, 5.41) is 12.2. The molecule has 2 aromatic carbocycles. The van der Waals surface area contributed by atoms with Crippen molar-refractivity contribution in [3.8, 4) is 0 Å². The minimum Gasteiger partial charge on any atom is -0.367 e. The fourth-order valence-electron chi connectivity index (χ4n) is 3.54. The van der Waals surface area contributed by atoms with Crippen molar-refractivity contribution in [1.82, 2.24) is 9.29 Å². The van der Waals surface area contributed by atoms with Crippen molar-refractivity contribution in [2.24, 2.45) is 0 Å². The van der Waals surface area contributed by atoms with Crippen LogP contribution in [0.25, 0.3) is 10.9 Å². The molecule has 4 rings (SSSR count). The first kappa shape index (κ1) is 20.8. The van der Waals surface area contributed by atoms with Crippen molar-refractivity contribution in [1.29, 1.82) is 0 Å². The monoisotopic (exact) mass is 466 g/mol. The number of pyridine rings is 1. The van der Waals surface area contributed by atoms with Crippen molar-refractivity contribution in [3.63, 3.8) is 0 Å². The number of benzene rings is 2. The molecular weight excluding hydrogens is 451 g/mol. The molecule has 0 saturated carbocycles. The van der Waals surface area contributed by atoms with Gasteiger partial charge in [-0.3, -0.25) is 15.1 Å². The van der Waals surface area contributed by atoms with E-state index >= 15 is 0 Å². The third kappa shape index (κ3) is 3.69. The number of hydrogen-bond donors (Lipinski definition) is 0. The largest absolute Gasteiger partial charge is 0.367 e. The number of hydrogen-bond acceptors (Lipinski definition) is 6. The Labute approximate surface area is 182 Å². The lowest BCUT2D eigenvalue weighted by atomic mass is 10.1. The van der Waals surface area contributed by atoms with Crippen LogP contribution in [-0.2, 0) is 10.0 Å². The molecule has 0 N–H and O–H groups in total. The Hall–Kier alpha value is -2.46. The zero-order chi connectivity index (χ0) is 21.5. The molecule has 1 saturated heterocycles. The van der Waals surface area contributed by atoms with Gasteiger partial charge in [0.25, 0.3) is 5.69 Å². The Kier molecular flexibility index (Phi) is 5.54. The highest BCUT2D eigenvalue weighted by Gasteiger charge is 2.31. The minimum absolute atomic E-state index is 0.0151. The van der Waals surface area contributed by atoms with Gasteiger partial charge in [0.05, 0.1) is 21.0 Å². The average molecular weight is 467 g/mol. The summed E-state index contributed by atoms with van der Waals surface area (Å²) in [7, 11) is -3.80. The number of halogens is 2. The van der Waals surface area contributed by atoms with Gasteiger partial charge in [0.2, 0.25) is 10.0 Å². The van der Waals surface area contributed by atoms with E-state index in [2.05, 4.69) is 4.98 Å². The standard InChI is InChI=1S/C19H16Cl2N4O4S/c20-13-3-4-15(21)18(12-13)30(28,29)24-10-8-23(9-11-24)17-6-5-16(25(26)27)14-2-1-7-22-19(14)17/h1-7,12H,8-11H2. The van der Waals surface area contributed by atoms with E-state index < -0.39 is 14.9 Å². The highest BCUT2D eigenvalue weighted by molar-refractivity contribution is 7.89. The zero-order valence-electron chi connectivity index (χ0n) is 15.5. The van der Waals surface area contributed by atoms with Crippen LogP contribution in [0.1, 0.15) is 0 Å². The predicted molar refractivity (Wildman–Crippen MR) is 116 cm³/mol. The van der Waals surface area contributed by atoms with Crippen molar-refractivity contribution in [3.05, 3.63) is 68.8 Å². The maximum Gasteiger partial charge on any atom is 0.278 e. The third-order valence-electron chi connectivity index (χ3n) is 5.01. The Balaban J connectivity index is 1.61. The van der Waals surface area contributed by atoms with Gasteiger partial charge in [0.1, 0.15) is 10.4 Å². The Morgan fingerprint density at radius 1 is 1.03 bits per heavy atom. The number of nitro benzene ring substituents is 1. The molecule has 0 radical (unpaired) electrons. The molecule has 0 unspecified atom stereocenters. The van der Waals surface area contributed by atoms with Crippen LogP contribution in [-0.4, -0.2) is 48.8 Å². The van der Waals surface area contributed by atoms with Crippen LogP contribution >= 0.6 is 23.2 Å². The second kappa shape index (κ2) is 7.99. The summed E-state index contributed by atoms with van der Waals surface area (Å²) < 4.78 is 27.4. The molecule has 156 valence electrons. The molecule has 0 bridgehead atoms. The van der Waals surface area contributed by atoms with Crippen LogP contribution in [0, 0.1) is 10.1 Å². The lowest BCUT2D eigenvalue weighted by Crippen LogP contribution is -2.48. The van der Waals surface area contributed by atoms with E-state index in [4.69, 9.17) is 23.2 Å². The number of nitro groups is 1. The lowest BCUT2D eigenvalue weighted by Gasteiger charge is -2.35. The van der Waals surface area contributed by atoms with Crippen LogP contribution in [0.15, 0.2) is 53.6 Å². The van der Waals surface area contributed by atoms with Gasteiger partial charge in [0.15, 0.2) is 0 Å². The molecule has 0 spiro atoms. The van der Waals surface area contributed by atoms with Gasteiger partial charge in [-0.05, 0) is 36.4 Å². The van der Waals surface area contributed by atoms with E-state index in [0.29, 0.717) is 29.0 Å². The maximum atomic E-state index is 13.0. The highest BCUT2D eigenvalue weighted by Crippen LogP contribution is 2.33. The summed E-state index contributed by atoms with van der Waals surface area (Å²) in [5.41, 5.74) is 1.23. The third-order valence-corrected chi connectivity index (χ3v) is 7.63. The molecule has 0 amide bonds. The minimum atomic E-state index is -3.80. The molecule has 30 heavy (non-hydrogen) atoms. The first-order chi connectivity index (χ1) is 14.3. The highest BCUT2D eigenvalue weighted by atomic mass is 35.5. The smallest absolute Gasteiger partial charge is 0.278 e. The van der Waals surface area contributed by atoms with Crippen molar-refractivity contribution in [2.75, 3.05) is 31.1 Å². The van der Waals surface area contributed by atoms with E-state index in [1.165, 1.54) is 28.6 Å². The molecule has 2 heterocycles. The molecule has 1 aromatic heterocycles. The van der Waals surface area contributed by atoms with Crippen LogP contribution in [0.2, 0.25) is 10.0 Å². The van der Waals surface area contributed by atoms with E-state index in [0.717, 1.165) is 5.69 Å². The maximum absolute atomic E-state index is 13.0. The van der Waals surface area contributed by atoms with Crippen LogP contribution in [0.3, 0.4) is 0 Å². The summed E-state index contributed by atoms with van der Waals surface area (Å²) in [6.45, 7) is 1.27. The Bertz CT molecular complexity index is 1240. The van der Waals surface area contributed by atoms with Crippen molar-refractivity contribution in [2.45, 2.75) is 4.90 Å². The van der Waals surface area contributed by atoms with Gasteiger partial charge in [-0.25, -0.2) is 8.42 Å². The first-order valence-electron chi connectivity index (χ1n) is 9.01. The molecule has 1 aliphatic rings. The zero-order valence-corrected chi connectivity index (χ0v) is 17.9. The summed E-state index contributed by atoms with van der Waals surface area (Å²) >= 11 is 12.0. The van der Waals surface area contributed by atoms with E-state index in [-0.39, 0.29) is 28.7 Å². The van der Waals surface area contributed by atoms with Crippen molar-refractivity contribution < 1.29 is 13.3 Å². The molecule has 8 nitrogen and oxygen atoms in total. The summed E-state index contributed by atoms with van der Waals surface area (Å²) in [4.78, 5) is 17.2. The first-order valence-corrected chi connectivity index (χ1v) is 11.2. The van der Waals surface area contributed by atoms with Gasteiger partial charge in [-0.15, -0.1) is 0 Å². The number of anilines is 1. The fraction of sp³-hybridized carbons (Fsp3) is 0.211. The van der Waals surface area contributed by atoms with Gasteiger partial charge in [-0.2, -0.15) is 4.31 Å². The van der Waals surface area contributed by atoms with Crippen LogP contribution in [0.5, 0.6) is 0 Å². The summed E-state index contributed by atoms with van der Waals surface area (Å²) in [6.07, 6.45) is 1.58. The van der Waals surface area contributed by atoms with Gasteiger partial charge < -0.3 is 4.90 Å². The Morgan fingerprint density at radius 3 is 2.47 bits per heavy atom. The van der Waals surface area contributed by atoms with Gasteiger partial charge in [-0.1, -0.05) is 23.2 Å². The predicted octanol–water partition coefficient (Wildman–Crippen LogP) is 3.96. The molecule has 0 atom stereocenters. The number of aromatic nitrogens is 1. The SMILES string of the molecule is O=[N+]([O-])c1ccc(N2CCN(S(=O)(=O)c3cc(Cl)ccc3Cl)CC2)c2ncccc12. The molecule has 11 heteroatoms. The van der Waals surface area contributed by atoms with Gasteiger partial charge >= 0.3 is 0 Å². The number of sulfonamides is 1. The molecule has 0 aliphatic carbocycles. The number of piperazine rings is 1. The molecular formula is C19H16Cl2N4O4S. The second-order valence-electron chi connectivity index (χ2n) is 6.73. The van der Waals surface area contributed by atoms with Crippen molar-refractivity contribution >= 4 is 55.5 Å². The van der Waals surface area contributed by atoms with E-state index in [1.807, 2.05) is 4.90 Å². The lowest BCUT2D eigenvalue weighted by molar-refractivity contribution is -0.383. The number of nitrogens with zero attached hydrogens (tertiary/aromatic N) is 4. The normalized spacial score (nSPS) is 15.5. The molecule has 1 aliphatic heterocycles. The quantitative estimate of drug-likeness (QED) is 0.426. The fourth-order valence-corrected chi connectivity index (χ4v) is 5.70. The average Bonchev–Trinajstić information content (AvgIpc) is 2.74. The topological polar surface area (TPSA) is 96.6 Å². The molecule has 1 fully saturated rings. The summed E-state index contributed by atoms with van der Waals surface area (Å²) in [6, 6.07) is 10.8. The van der Waals surface area contributed by atoms with E-state index in [1.54, 1.807) is 24.4 Å². The summed E-state index contributed by atoms with van der Waals surface area (Å²) in [5.74, 6) is 0. The molecule has 3 aromatic rings. The number of fused-ring (bicyclic) bond motifs is 1. The van der Waals surface area contributed by atoms with Crippen LogP contribution < -0.4 is 4.90 Å². The van der Waals surface area contributed by atoms with Gasteiger partial charge in [0, 0.05) is 43.5 Å². The second-order valence-corrected chi connectivity index (χ2v) is 9.48. The number of rotatable bonds is 4. The number of non-ortho nitro benzene ring substituents is 1. The Morgan fingerprint density at radius 2 is 1.77 bits per heavy atom. The van der Waals surface area contributed by atoms with Crippen LogP contribution in [0.4, 0.5) is 11.4 Å².